The second-order valence-electron chi connectivity index (χ2n) is 4.15. The summed E-state index contributed by atoms with van der Waals surface area (Å²) in [6.07, 6.45) is 6.64. The normalized spacial score (nSPS) is 10.2. The summed E-state index contributed by atoms with van der Waals surface area (Å²) in [4.78, 5) is 18.0. The zero-order valence-corrected chi connectivity index (χ0v) is 11.4. The van der Waals surface area contributed by atoms with Gasteiger partial charge in [-0.05, 0) is 6.42 Å². The van der Waals surface area contributed by atoms with Gasteiger partial charge in [-0.1, -0.05) is 32.6 Å². The second kappa shape index (κ2) is 8.23. The lowest BCUT2D eigenvalue weighted by Crippen LogP contribution is -2.05. The Balaban J connectivity index is 2.52. The van der Waals surface area contributed by atoms with Gasteiger partial charge in [-0.2, -0.15) is 4.98 Å². The second-order valence-corrected chi connectivity index (χ2v) is 4.15. The summed E-state index contributed by atoms with van der Waals surface area (Å²) in [6.45, 7) is 2.59. The van der Waals surface area contributed by atoms with Crippen LogP contribution in [0.5, 0.6) is 5.88 Å². The predicted octanol–water partition coefficient (Wildman–Crippen LogP) is 2.78. The van der Waals surface area contributed by atoms with E-state index in [1.54, 1.807) is 7.05 Å². The molecule has 0 unspecified atom stereocenters. The van der Waals surface area contributed by atoms with E-state index in [0.29, 0.717) is 12.6 Å². The van der Waals surface area contributed by atoms with Gasteiger partial charge in [-0.3, -0.25) is 10.1 Å². The molecule has 0 aliphatic carbocycles. The first-order chi connectivity index (χ1) is 9.19. The van der Waals surface area contributed by atoms with Crippen LogP contribution in [0.2, 0.25) is 0 Å². The molecule has 0 aliphatic rings. The van der Waals surface area contributed by atoms with Gasteiger partial charge in [0.05, 0.1) is 11.5 Å². The molecule has 0 amide bonds. The van der Waals surface area contributed by atoms with Crippen molar-refractivity contribution in [1.82, 2.24) is 9.97 Å². The first-order valence-electron chi connectivity index (χ1n) is 6.51. The minimum absolute atomic E-state index is 0.0276. The highest BCUT2D eigenvalue weighted by Gasteiger charge is 2.18. The van der Waals surface area contributed by atoms with E-state index in [4.69, 9.17) is 4.74 Å². The van der Waals surface area contributed by atoms with Gasteiger partial charge in [0, 0.05) is 7.05 Å². The van der Waals surface area contributed by atoms with Crippen molar-refractivity contribution in [2.45, 2.75) is 39.0 Å². The number of unbranched alkanes of at least 4 members (excludes halogenated alkanes) is 4. The number of nitro groups is 1. The average Bonchev–Trinajstić information content (AvgIpc) is 2.42. The standard InChI is InChI=1S/C12H20N4O3/c1-3-4-5-6-7-8-19-11-10(16(17)18)9-14-12(13-2)15-11/h9H,3-8H2,1-2H3,(H,13,14,15). The molecule has 0 fully saturated rings. The van der Waals surface area contributed by atoms with Gasteiger partial charge >= 0.3 is 5.69 Å². The minimum Gasteiger partial charge on any atom is -0.473 e. The van der Waals surface area contributed by atoms with Gasteiger partial charge in [-0.25, -0.2) is 4.98 Å². The van der Waals surface area contributed by atoms with Gasteiger partial charge in [0.15, 0.2) is 0 Å². The third kappa shape index (κ3) is 5.07. The Morgan fingerprint density at radius 2 is 2.11 bits per heavy atom. The molecule has 0 atom stereocenters. The van der Waals surface area contributed by atoms with Crippen LogP contribution in [0.15, 0.2) is 6.20 Å². The summed E-state index contributed by atoms with van der Waals surface area (Å²) in [7, 11) is 1.65. The quantitative estimate of drug-likeness (QED) is 0.420. The summed E-state index contributed by atoms with van der Waals surface area (Å²) in [6, 6.07) is 0. The van der Waals surface area contributed by atoms with Gasteiger partial charge in [0.2, 0.25) is 5.95 Å². The lowest BCUT2D eigenvalue weighted by Gasteiger charge is -2.06. The van der Waals surface area contributed by atoms with Crippen LogP contribution >= 0.6 is 0 Å². The Morgan fingerprint density at radius 3 is 2.74 bits per heavy atom. The van der Waals surface area contributed by atoms with Gasteiger partial charge in [0.25, 0.3) is 5.88 Å². The summed E-state index contributed by atoms with van der Waals surface area (Å²) in [5, 5.41) is 13.5. The third-order valence-electron chi connectivity index (χ3n) is 2.64. The maximum atomic E-state index is 10.8. The van der Waals surface area contributed by atoms with E-state index in [9.17, 15) is 10.1 Å². The molecule has 0 saturated heterocycles. The maximum absolute atomic E-state index is 10.8. The van der Waals surface area contributed by atoms with Crippen molar-refractivity contribution in [3.8, 4) is 5.88 Å². The van der Waals surface area contributed by atoms with Gasteiger partial charge in [0.1, 0.15) is 6.20 Å². The molecule has 7 nitrogen and oxygen atoms in total. The molecule has 1 aromatic heterocycles. The number of hydrogen-bond donors (Lipinski definition) is 1. The topological polar surface area (TPSA) is 90.2 Å². The van der Waals surface area contributed by atoms with E-state index in [2.05, 4.69) is 22.2 Å². The molecular weight excluding hydrogens is 248 g/mol. The number of rotatable bonds is 9. The fourth-order valence-corrected chi connectivity index (χ4v) is 1.59. The summed E-state index contributed by atoms with van der Waals surface area (Å²) in [5.74, 6) is 0.339. The van der Waals surface area contributed by atoms with Crippen LogP contribution in [0.4, 0.5) is 11.6 Å². The number of nitrogens with one attached hydrogen (secondary N) is 1. The minimum atomic E-state index is -0.536. The lowest BCUT2D eigenvalue weighted by atomic mass is 10.2. The van der Waals surface area contributed by atoms with Crippen LogP contribution in [0.1, 0.15) is 39.0 Å². The van der Waals surface area contributed by atoms with Crippen LogP contribution in [0.25, 0.3) is 0 Å². The molecule has 1 aromatic rings. The molecule has 1 N–H and O–H groups in total. The third-order valence-corrected chi connectivity index (χ3v) is 2.64. The number of ether oxygens (including phenoxy) is 1. The number of nitrogens with zero attached hydrogens (tertiary/aromatic N) is 3. The molecule has 0 aliphatic heterocycles. The number of aromatic nitrogens is 2. The van der Waals surface area contributed by atoms with Crippen LogP contribution in [0, 0.1) is 10.1 Å². The maximum Gasteiger partial charge on any atom is 0.349 e. The van der Waals surface area contributed by atoms with Crippen LogP contribution in [0.3, 0.4) is 0 Å². The molecule has 7 heteroatoms. The molecule has 1 rings (SSSR count). The van der Waals surface area contributed by atoms with Crippen molar-refractivity contribution in [1.29, 1.82) is 0 Å². The SMILES string of the molecule is CCCCCCCOc1nc(NC)ncc1[N+](=O)[O-]. The molecule has 106 valence electrons. The first kappa shape index (κ1) is 15.1. The van der Waals surface area contributed by atoms with Gasteiger partial charge < -0.3 is 10.1 Å². The smallest absolute Gasteiger partial charge is 0.349 e. The molecule has 19 heavy (non-hydrogen) atoms. The van der Waals surface area contributed by atoms with Crippen molar-refractivity contribution in [2.75, 3.05) is 19.0 Å². The van der Waals surface area contributed by atoms with Crippen LogP contribution in [-0.4, -0.2) is 28.5 Å². The van der Waals surface area contributed by atoms with Crippen molar-refractivity contribution >= 4 is 11.6 Å². The highest BCUT2D eigenvalue weighted by Crippen LogP contribution is 2.24. The van der Waals surface area contributed by atoms with Crippen molar-refractivity contribution in [2.24, 2.45) is 0 Å². The summed E-state index contributed by atoms with van der Waals surface area (Å²) < 4.78 is 5.39. The fourth-order valence-electron chi connectivity index (χ4n) is 1.59. The molecule has 0 spiro atoms. The van der Waals surface area contributed by atoms with Crippen molar-refractivity contribution < 1.29 is 9.66 Å². The summed E-state index contributed by atoms with van der Waals surface area (Å²) in [5.41, 5.74) is -0.201. The zero-order chi connectivity index (χ0) is 14.1. The largest absolute Gasteiger partial charge is 0.473 e. The molecule has 0 radical (unpaired) electrons. The van der Waals surface area contributed by atoms with E-state index in [1.165, 1.54) is 12.8 Å². The Hall–Kier alpha value is -1.92. The van der Waals surface area contributed by atoms with E-state index < -0.39 is 4.92 Å². The van der Waals surface area contributed by atoms with E-state index >= 15 is 0 Å². The highest BCUT2D eigenvalue weighted by atomic mass is 16.6. The average molecular weight is 268 g/mol. The highest BCUT2D eigenvalue weighted by molar-refractivity contribution is 5.42. The number of anilines is 1. The Labute approximate surface area is 112 Å². The van der Waals surface area contributed by atoms with E-state index in [-0.39, 0.29) is 11.6 Å². The number of hydrogen-bond acceptors (Lipinski definition) is 6. The fraction of sp³-hybridized carbons (Fsp3) is 0.667. The van der Waals surface area contributed by atoms with Crippen LogP contribution in [-0.2, 0) is 0 Å². The van der Waals surface area contributed by atoms with Crippen molar-refractivity contribution in [3.05, 3.63) is 16.3 Å². The predicted molar refractivity (Wildman–Crippen MR) is 72.5 cm³/mol. The first-order valence-corrected chi connectivity index (χ1v) is 6.51. The molecule has 0 aromatic carbocycles. The molecule has 0 saturated carbocycles. The molecular formula is C12H20N4O3. The van der Waals surface area contributed by atoms with Gasteiger partial charge in [-0.15, -0.1) is 0 Å². The lowest BCUT2D eigenvalue weighted by molar-refractivity contribution is -0.386. The molecule has 0 bridgehead atoms. The molecule has 1 heterocycles. The summed E-state index contributed by atoms with van der Waals surface area (Å²) >= 11 is 0. The Bertz CT molecular complexity index is 412. The zero-order valence-electron chi connectivity index (χ0n) is 11.4. The monoisotopic (exact) mass is 268 g/mol. The van der Waals surface area contributed by atoms with E-state index in [0.717, 1.165) is 25.5 Å². The van der Waals surface area contributed by atoms with Crippen LogP contribution < -0.4 is 10.1 Å². The Kier molecular flexibility index (Phi) is 6.56. The van der Waals surface area contributed by atoms with Crippen molar-refractivity contribution in [3.63, 3.8) is 0 Å². The Morgan fingerprint density at radius 1 is 1.37 bits per heavy atom. The van der Waals surface area contributed by atoms with E-state index in [1.807, 2.05) is 0 Å².